The third kappa shape index (κ3) is 2.66. The fourth-order valence-corrected chi connectivity index (χ4v) is 1.54. The molecule has 1 N–H and O–H groups in total. The fourth-order valence-electron chi connectivity index (χ4n) is 1.54. The molecule has 0 spiro atoms. The van der Waals surface area contributed by atoms with Gasteiger partial charge >= 0.3 is 0 Å². The molecule has 0 aromatic heterocycles. The number of hydrogen-bond acceptors (Lipinski definition) is 1. The molecule has 1 aliphatic heterocycles. The summed E-state index contributed by atoms with van der Waals surface area (Å²) in [6, 6.07) is 0.632. The van der Waals surface area contributed by atoms with Gasteiger partial charge in [0.25, 0.3) is 0 Å². The zero-order valence-corrected chi connectivity index (χ0v) is 7.85. The van der Waals surface area contributed by atoms with Crippen LogP contribution in [0.4, 0.5) is 0 Å². The molecule has 0 aliphatic carbocycles. The van der Waals surface area contributed by atoms with Crippen LogP contribution >= 0.6 is 0 Å². The molecule has 1 heterocycles. The molecule has 0 aromatic rings. The van der Waals surface area contributed by atoms with E-state index in [1.165, 1.54) is 12.8 Å². The van der Waals surface area contributed by atoms with Crippen molar-refractivity contribution in [1.29, 1.82) is 0 Å². The van der Waals surface area contributed by atoms with Crippen LogP contribution in [0.1, 0.15) is 33.6 Å². The highest BCUT2D eigenvalue weighted by atomic mass is 14.9. The van der Waals surface area contributed by atoms with Crippen molar-refractivity contribution in [2.75, 3.05) is 6.54 Å². The summed E-state index contributed by atoms with van der Waals surface area (Å²) in [6.45, 7) is 7.89. The first-order valence-corrected chi connectivity index (χ1v) is 4.50. The van der Waals surface area contributed by atoms with Gasteiger partial charge in [0.05, 0.1) is 0 Å². The van der Waals surface area contributed by atoms with Crippen molar-refractivity contribution in [3.63, 3.8) is 0 Å². The second-order valence-corrected chi connectivity index (χ2v) is 4.22. The minimum atomic E-state index is 0.512. The van der Waals surface area contributed by atoms with Gasteiger partial charge in [-0.1, -0.05) is 26.0 Å². The van der Waals surface area contributed by atoms with Crippen LogP contribution in [-0.2, 0) is 0 Å². The highest BCUT2D eigenvalue weighted by Gasteiger charge is 2.24. The Labute approximate surface area is 69.9 Å². The number of allylic oxidation sites excluding steroid dienone is 1. The van der Waals surface area contributed by atoms with E-state index in [1.807, 2.05) is 0 Å². The third-order valence-electron chi connectivity index (χ3n) is 2.40. The smallest absolute Gasteiger partial charge is 0.0250 e. The molecule has 1 heteroatoms. The molecular formula is C10H19N. The molecule has 0 amide bonds. The van der Waals surface area contributed by atoms with E-state index in [0.717, 1.165) is 6.54 Å². The molecule has 1 atom stereocenters. The van der Waals surface area contributed by atoms with Gasteiger partial charge in [0.15, 0.2) is 0 Å². The first kappa shape index (κ1) is 8.79. The van der Waals surface area contributed by atoms with Crippen molar-refractivity contribution in [1.82, 2.24) is 5.32 Å². The largest absolute Gasteiger partial charge is 0.310 e. The summed E-state index contributed by atoms with van der Waals surface area (Å²) in [5.74, 6) is 0. The van der Waals surface area contributed by atoms with E-state index in [2.05, 4.69) is 38.2 Å². The molecule has 11 heavy (non-hydrogen) atoms. The molecule has 0 radical (unpaired) electrons. The lowest BCUT2D eigenvalue weighted by Crippen LogP contribution is -2.41. The second-order valence-electron chi connectivity index (χ2n) is 4.22. The standard InChI is InChI=1S/C10H19N/c1-4-5-9-6-7-10(2,3)8-11-9/h4-5,9,11H,6-8H2,1-3H3/b5-4+/t9-/m0/s1. The van der Waals surface area contributed by atoms with Crippen molar-refractivity contribution in [2.24, 2.45) is 5.41 Å². The zero-order valence-electron chi connectivity index (χ0n) is 7.85. The van der Waals surface area contributed by atoms with Crippen LogP contribution in [0.2, 0.25) is 0 Å². The van der Waals surface area contributed by atoms with Crippen molar-refractivity contribution in [3.05, 3.63) is 12.2 Å². The van der Waals surface area contributed by atoms with Crippen LogP contribution in [0, 0.1) is 5.41 Å². The quantitative estimate of drug-likeness (QED) is 0.570. The molecule has 1 saturated heterocycles. The molecule has 64 valence electrons. The van der Waals surface area contributed by atoms with Crippen LogP contribution in [-0.4, -0.2) is 12.6 Å². The summed E-state index contributed by atoms with van der Waals surface area (Å²) < 4.78 is 0. The number of nitrogens with one attached hydrogen (secondary N) is 1. The Kier molecular flexibility index (Phi) is 2.72. The maximum atomic E-state index is 3.52. The van der Waals surface area contributed by atoms with Crippen molar-refractivity contribution >= 4 is 0 Å². The summed E-state index contributed by atoms with van der Waals surface area (Å²) in [5, 5.41) is 3.52. The van der Waals surface area contributed by atoms with Gasteiger partial charge in [-0.05, 0) is 25.2 Å². The van der Waals surface area contributed by atoms with Crippen molar-refractivity contribution in [3.8, 4) is 0 Å². The van der Waals surface area contributed by atoms with Crippen LogP contribution < -0.4 is 5.32 Å². The molecule has 0 unspecified atom stereocenters. The average molecular weight is 153 g/mol. The Morgan fingerprint density at radius 3 is 2.64 bits per heavy atom. The first-order valence-electron chi connectivity index (χ1n) is 4.50. The van der Waals surface area contributed by atoms with E-state index in [-0.39, 0.29) is 0 Å². The van der Waals surface area contributed by atoms with E-state index in [9.17, 15) is 0 Å². The second kappa shape index (κ2) is 3.40. The number of piperidine rings is 1. The van der Waals surface area contributed by atoms with Crippen LogP contribution in [0.25, 0.3) is 0 Å². The van der Waals surface area contributed by atoms with Crippen LogP contribution in [0.5, 0.6) is 0 Å². The summed E-state index contributed by atoms with van der Waals surface area (Å²) in [6.07, 6.45) is 7.03. The van der Waals surface area contributed by atoms with Gasteiger partial charge in [-0.15, -0.1) is 0 Å². The lowest BCUT2D eigenvalue weighted by molar-refractivity contribution is 0.241. The van der Waals surface area contributed by atoms with Gasteiger partial charge < -0.3 is 5.32 Å². The van der Waals surface area contributed by atoms with E-state index in [1.54, 1.807) is 0 Å². The topological polar surface area (TPSA) is 12.0 Å². The van der Waals surface area contributed by atoms with E-state index in [0.29, 0.717) is 11.5 Å². The van der Waals surface area contributed by atoms with Gasteiger partial charge in [0.1, 0.15) is 0 Å². The van der Waals surface area contributed by atoms with Gasteiger partial charge in [-0.25, -0.2) is 0 Å². The third-order valence-corrected chi connectivity index (χ3v) is 2.40. The fraction of sp³-hybridized carbons (Fsp3) is 0.800. The maximum Gasteiger partial charge on any atom is 0.0250 e. The Balaban J connectivity index is 2.36. The van der Waals surface area contributed by atoms with Crippen molar-refractivity contribution in [2.45, 2.75) is 39.7 Å². The molecule has 0 aromatic carbocycles. The summed E-state index contributed by atoms with van der Waals surface area (Å²) in [7, 11) is 0. The normalized spacial score (nSPS) is 31.0. The average Bonchev–Trinajstić information content (AvgIpc) is 1.94. The number of rotatable bonds is 1. The SMILES string of the molecule is C/C=C/[C@H]1CCC(C)(C)CN1. The molecule has 0 saturated carbocycles. The Hall–Kier alpha value is -0.300. The highest BCUT2D eigenvalue weighted by molar-refractivity contribution is 4.95. The molecule has 1 rings (SSSR count). The van der Waals surface area contributed by atoms with E-state index < -0.39 is 0 Å². The molecule has 0 bridgehead atoms. The maximum absolute atomic E-state index is 3.52. The highest BCUT2D eigenvalue weighted by Crippen LogP contribution is 2.26. The van der Waals surface area contributed by atoms with Crippen molar-refractivity contribution < 1.29 is 0 Å². The molecule has 1 fully saturated rings. The Morgan fingerprint density at radius 1 is 1.45 bits per heavy atom. The zero-order chi connectivity index (χ0) is 8.32. The van der Waals surface area contributed by atoms with Gasteiger partial charge in [0.2, 0.25) is 0 Å². The first-order chi connectivity index (χ1) is 5.14. The summed E-state index contributed by atoms with van der Waals surface area (Å²) >= 11 is 0. The Bertz CT molecular complexity index is 137. The van der Waals surface area contributed by atoms with Gasteiger partial charge in [-0.2, -0.15) is 0 Å². The van der Waals surface area contributed by atoms with Crippen LogP contribution in [0.15, 0.2) is 12.2 Å². The van der Waals surface area contributed by atoms with E-state index >= 15 is 0 Å². The Morgan fingerprint density at radius 2 is 2.18 bits per heavy atom. The minimum absolute atomic E-state index is 0.512. The monoisotopic (exact) mass is 153 g/mol. The van der Waals surface area contributed by atoms with Crippen LogP contribution in [0.3, 0.4) is 0 Å². The molecule has 1 aliphatic rings. The minimum Gasteiger partial charge on any atom is -0.310 e. The predicted molar refractivity (Wildman–Crippen MR) is 49.6 cm³/mol. The predicted octanol–water partition coefficient (Wildman–Crippen LogP) is 2.34. The van der Waals surface area contributed by atoms with Gasteiger partial charge in [0, 0.05) is 12.6 Å². The van der Waals surface area contributed by atoms with Gasteiger partial charge in [-0.3, -0.25) is 0 Å². The lowest BCUT2D eigenvalue weighted by Gasteiger charge is -2.34. The molecule has 1 nitrogen and oxygen atoms in total. The summed E-state index contributed by atoms with van der Waals surface area (Å²) in [5.41, 5.74) is 0.512. The van der Waals surface area contributed by atoms with E-state index in [4.69, 9.17) is 0 Å². The molecular weight excluding hydrogens is 134 g/mol. The summed E-state index contributed by atoms with van der Waals surface area (Å²) in [4.78, 5) is 0. The number of hydrogen-bond donors (Lipinski definition) is 1. The lowest BCUT2D eigenvalue weighted by atomic mass is 9.82.